The molecule has 0 aliphatic heterocycles. The molecule has 0 atom stereocenters. The molecule has 0 unspecified atom stereocenters. The number of rotatable bonds is 3. The molecule has 0 aliphatic rings. The van der Waals surface area contributed by atoms with Gasteiger partial charge in [-0.1, -0.05) is 6.07 Å². The molecule has 86 valence electrons. The molecule has 2 aromatic rings. The maximum absolute atomic E-state index is 11.6. The molecule has 0 saturated heterocycles. The molecule has 0 saturated carbocycles. The molecule has 0 spiro atoms. The predicted octanol–water partition coefficient (Wildman–Crippen LogP) is 1.49. The SMILES string of the molecule is O=C(O)c1cccc(NC(=O)c2cncs2)n1. The molecule has 2 aromatic heterocycles. The Hall–Kier alpha value is -2.28. The fraction of sp³-hybridized carbons (Fsp3) is 0. The minimum absolute atomic E-state index is 0.118. The van der Waals surface area contributed by atoms with E-state index < -0.39 is 5.97 Å². The van der Waals surface area contributed by atoms with Crippen molar-refractivity contribution in [3.8, 4) is 0 Å². The van der Waals surface area contributed by atoms with Gasteiger partial charge in [0.25, 0.3) is 5.91 Å². The standard InChI is InChI=1S/C10H7N3O3S/c14-9(7-4-11-5-17-7)13-8-3-1-2-6(12-8)10(15)16/h1-5H,(H,15,16)(H,12,13,14). The Morgan fingerprint density at radius 3 is 2.82 bits per heavy atom. The van der Waals surface area contributed by atoms with Crippen LogP contribution in [-0.4, -0.2) is 27.0 Å². The first-order valence-electron chi connectivity index (χ1n) is 4.57. The third kappa shape index (κ3) is 2.64. The van der Waals surface area contributed by atoms with Gasteiger partial charge in [-0.05, 0) is 12.1 Å². The lowest BCUT2D eigenvalue weighted by Crippen LogP contribution is -2.12. The zero-order valence-electron chi connectivity index (χ0n) is 8.45. The van der Waals surface area contributed by atoms with Crippen molar-refractivity contribution < 1.29 is 14.7 Å². The second-order valence-electron chi connectivity index (χ2n) is 3.03. The number of nitrogens with zero attached hydrogens (tertiary/aromatic N) is 2. The highest BCUT2D eigenvalue weighted by atomic mass is 32.1. The summed E-state index contributed by atoms with van der Waals surface area (Å²) in [6, 6.07) is 4.38. The van der Waals surface area contributed by atoms with Crippen LogP contribution >= 0.6 is 11.3 Å². The van der Waals surface area contributed by atoms with Crippen molar-refractivity contribution in [1.29, 1.82) is 0 Å². The summed E-state index contributed by atoms with van der Waals surface area (Å²) >= 11 is 1.19. The Morgan fingerprint density at radius 2 is 2.18 bits per heavy atom. The number of carboxylic acid groups (broad SMARTS) is 1. The first-order valence-corrected chi connectivity index (χ1v) is 5.45. The number of pyridine rings is 1. The molecule has 2 N–H and O–H groups in total. The van der Waals surface area contributed by atoms with E-state index in [-0.39, 0.29) is 17.4 Å². The van der Waals surface area contributed by atoms with Crippen LogP contribution in [0.5, 0.6) is 0 Å². The number of nitrogens with one attached hydrogen (secondary N) is 1. The molecule has 1 amide bonds. The molecule has 0 fully saturated rings. The topological polar surface area (TPSA) is 92.2 Å². The van der Waals surface area contributed by atoms with Gasteiger partial charge in [-0.3, -0.25) is 9.78 Å². The van der Waals surface area contributed by atoms with Gasteiger partial charge in [0.15, 0.2) is 5.69 Å². The van der Waals surface area contributed by atoms with Crippen LogP contribution in [0.3, 0.4) is 0 Å². The van der Waals surface area contributed by atoms with Crippen molar-refractivity contribution in [2.45, 2.75) is 0 Å². The molecule has 2 rings (SSSR count). The van der Waals surface area contributed by atoms with E-state index in [0.29, 0.717) is 4.88 Å². The number of carboxylic acids is 1. The maximum atomic E-state index is 11.6. The summed E-state index contributed by atoms with van der Waals surface area (Å²) in [5.74, 6) is -1.30. The minimum Gasteiger partial charge on any atom is -0.477 e. The van der Waals surface area contributed by atoms with E-state index in [2.05, 4.69) is 15.3 Å². The summed E-state index contributed by atoms with van der Waals surface area (Å²) in [6.07, 6.45) is 1.43. The molecule has 7 heteroatoms. The first-order chi connectivity index (χ1) is 8.16. The van der Waals surface area contributed by atoms with Gasteiger partial charge < -0.3 is 10.4 Å². The van der Waals surface area contributed by atoms with E-state index in [1.165, 1.54) is 41.2 Å². The highest BCUT2D eigenvalue weighted by molar-refractivity contribution is 7.11. The van der Waals surface area contributed by atoms with Crippen LogP contribution < -0.4 is 5.32 Å². The van der Waals surface area contributed by atoms with Gasteiger partial charge in [-0.2, -0.15) is 0 Å². The molecule has 6 nitrogen and oxygen atoms in total. The molecule has 0 aliphatic carbocycles. The number of thiazole rings is 1. The van der Waals surface area contributed by atoms with Crippen molar-refractivity contribution in [2.75, 3.05) is 5.32 Å². The number of aromatic nitrogens is 2. The Morgan fingerprint density at radius 1 is 1.35 bits per heavy atom. The van der Waals surface area contributed by atoms with E-state index in [4.69, 9.17) is 5.11 Å². The summed E-state index contributed by atoms with van der Waals surface area (Å²) in [5.41, 5.74) is 1.42. The number of hydrogen-bond acceptors (Lipinski definition) is 5. The highest BCUT2D eigenvalue weighted by Gasteiger charge is 2.10. The highest BCUT2D eigenvalue weighted by Crippen LogP contribution is 2.10. The summed E-state index contributed by atoms with van der Waals surface area (Å²) in [7, 11) is 0. The number of carbonyl (C=O) groups excluding carboxylic acids is 1. The average Bonchev–Trinajstić information content (AvgIpc) is 2.82. The lowest BCUT2D eigenvalue weighted by Gasteiger charge is -2.02. The number of hydrogen-bond donors (Lipinski definition) is 2. The van der Waals surface area contributed by atoms with E-state index in [1.54, 1.807) is 0 Å². The summed E-state index contributed by atoms with van der Waals surface area (Å²) in [5, 5.41) is 11.2. The minimum atomic E-state index is -1.14. The zero-order chi connectivity index (χ0) is 12.3. The van der Waals surface area contributed by atoms with Gasteiger partial charge in [-0.25, -0.2) is 9.78 Å². The van der Waals surface area contributed by atoms with Crippen LogP contribution in [0, 0.1) is 0 Å². The van der Waals surface area contributed by atoms with E-state index in [1.807, 2.05) is 0 Å². The largest absolute Gasteiger partial charge is 0.477 e. The second-order valence-corrected chi connectivity index (χ2v) is 3.92. The monoisotopic (exact) mass is 249 g/mol. The Labute approximate surface area is 100.0 Å². The van der Waals surface area contributed by atoms with Gasteiger partial charge in [-0.15, -0.1) is 11.3 Å². The number of anilines is 1. The van der Waals surface area contributed by atoms with E-state index in [9.17, 15) is 9.59 Å². The van der Waals surface area contributed by atoms with Crippen LogP contribution in [0.1, 0.15) is 20.2 Å². The summed E-state index contributed by atoms with van der Waals surface area (Å²) in [6.45, 7) is 0. The average molecular weight is 249 g/mol. The van der Waals surface area contributed by atoms with Crippen LogP contribution in [0.2, 0.25) is 0 Å². The van der Waals surface area contributed by atoms with Crippen LogP contribution in [-0.2, 0) is 0 Å². The van der Waals surface area contributed by atoms with Crippen LogP contribution in [0.4, 0.5) is 5.82 Å². The second kappa shape index (κ2) is 4.71. The van der Waals surface area contributed by atoms with Crippen LogP contribution in [0.15, 0.2) is 29.9 Å². The van der Waals surface area contributed by atoms with Crippen molar-refractivity contribution in [3.05, 3.63) is 40.5 Å². The molecule has 0 bridgehead atoms. The van der Waals surface area contributed by atoms with Crippen molar-refractivity contribution in [3.63, 3.8) is 0 Å². The lowest BCUT2D eigenvalue weighted by atomic mass is 10.3. The molecule has 0 radical (unpaired) electrons. The maximum Gasteiger partial charge on any atom is 0.354 e. The van der Waals surface area contributed by atoms with Crippen LogP contribution in [0.25, 0.3) is 0 Å². The lowest BCUT2D eigenvalue weighted by molar-refractivity contribution is 0.0690. The van der Waals surface area contributed by atoms with Crippen molar-refractivity contribution in [2.24, 2.45) is 0 Å². The molecule has 17 heavy (non-hydrogen) atoms. The Bertz CT molecular complexity index is 554. The fourth-order valence-electron chi connectivity index (χ4n) is 1.13. The Kier molecular flexibility index (Phi) is 3.10. The number of carbonyl (C=O) groups is 2. The molecule has 0 aromatic carbocycles. The van der Waals surface area contributed by atoms with Gasteiger partial charge in [0.1, 0.15) is 10.7 Å². The third-order valence-corrected chi connectivity index (χ3v) is 2.64. The number of aromatic carboxylic acids is 1. The van der Waals surface area contributed by atoms with Gasteiger partial charge in [0, 0.05) is 0 Å². The predicted molar refractivity (Wildman–Crippen MR) is 61.3 cm³/mol. The quantitative estimate of drug-likeness (QED) is 0.859. The van der Waals surface area contributed by atoms with Gasteiger partial charge >= 0.3 is 5.97 Å². The first kappa shape index (κ1) is 11.2. The van der Waals surface area contributed by atoms with Gasteiger partial charge in [0.05, 0.1) is 11.7 Å². The van der Waals surface area contributed by atoms with Crippen molar-refractivity contribution in [1.82, 2.24) is 9.97 Å². The summed E-state index contributed by atoms with van der Waals surface area (Å²) in [4.78, 5) is 30.3. The molecular weight excluding hydrogens is 242 g/mol. The number of amides is 1. The van der Waals surface area contributed by atoms with E-state index >= 15 is 0 Å². The zero-order valence-corrected chi connectivity index (χ0v) is 9.27. The third-order valence-electron chi connectivity index (χ3n) is 1.87. The Balaban J connectivity index is 2.16. The molecular formula is C10H7N3O3S. The van der Waals surface area contributed by atoms with Crippen molar-refractivity contribution >= 4 is 29.0 Å². The van der Waals surface area contributed by atoms with E-state index in [0.717, 1.165) is 0 Å². The smallest absolute Gasteiger partial charge is 0.354 e. The summed E-state index contributed by atoms with van der Waals surface area (Å²) < 4.78 is 0. The normalized spacial score (nSPS) is 9.88. The fourth-order valence-corrected chi connectivity index (χ4v) is 1.64. The van der Waals surface area contributed by atoms with Gasteiger partial charge in [0.2, 0.25) is 0 Å². The molecule has 2 heterocycles.